The van der Waals surface area contributed by atoms with E-state index in [1.807, 2.05) is 42.2 Å². The average molecular weight is 374 g/mol. The van der Waals surface area contributed by atoms with Gasteiger partial charge in [-0.15, -0.1) is 0 Å². The van der Waals surface area contributed by atoms with Crippen LogP contribution in [0.3, 0.4) is 0 Å². The predicted octanol–water partition coefficient (Wildman–Crippen LogP) is 3.06. The van der Waals surface area contributed by atoms with Crippen molar-refractivity contribution in [2.24, 2.45) is 5.92 Å². The van der Waals surface area contributed by atoms with Crippen LogP contribution in [-0.2, 0) is 20.9 Å². The second-order valence-corrected chi connectivity index (χ2v) is 7.32. The molecule has 0 bridgehead atoms. The van der Waals surface area contributed by atoms with Gasteiger partial charge in [-0.05, 0) is 51.3 Å². The van der Waals surface area contributed by atoms with E-state index >= 15 is 0 Å². The van der Waals surface area contributed by atoms with Gasteiger partial charge < -0.3 is 19.3 Å². The maximum absolute atomic E-state index is 12.3. The monoisotopic (exact) mass is 374 g/mol. The first-order chi connectivity index (χ1) is 13.2. The van der Waals surface area contributed by atoms with Crippen molar-refractivity contribution < 1.29 is 19.1 Å². The van der Waals surface area contributed by atoms with Gasteiger partial charge in [0, 0.05) is 19.1 Å². The van der Waals surface area contributed by atoms with E-state index in [2.05, 4.69) is 4.90 Å². The zero-order valence-corrected chi connectivity index (χ0v) is 16.1. The summed E-state index contributed by atoms with van der Waals surface area (Å²) >= 11 is 0. The minimum absolute atomic E-state index is 0.0480. The van der Waals surface area contributed by atoms with E-state index in [0.29, 0.717) is 19.3 Å². The molecule has 0 aliphatic carbocycles. The minimum Gasteiger partial charge on any atom is -0.466 e. The Morgan fingerprint density at radius 1 is 0.963 bits per heavy atom. The number of rotatable bonds is 5. The van der Waals surface area contributed by atoms with Crippen molar-refractivity contribution in [3.05, 3.63) is 35.9 Å². The van der Waals surface area contributed by atoms with E-state index in [-0.39, 0.29) is 18.0 Å². The molecule has 6 nitrogen and oxygen atoms in total. The maximum Gasteiger partial charge on any atom is 0.410 e. The molecule has 1 aromatic rings. The highest BCUT2D eigenvalue weighted by Crippen LogP contribution is 2.25. The number of hydrogen-bond acceptors (Lipinski definition) is 5. The molecule has 0 atom stereocenters. The third-order valence-electron chi connectivity index (χ3n) is 5.59. The lowest BCUT2D eigenvalue weighted by Crippen LogP contribution is -2.49. The van der Waals surface area contributed by atoms with Crippen LogP contribution in [0.15, 0.2) is 30.3 Å². The quantitative estimate of drug-likeness (QED) is 0.742. The Balaban J connectivity index is 1.37. The molecule has 2 aliphatic heterocycles. The normalized spacial score (nSPS) is 19.7. The van der Waals surface area contributed by atoms with E-state index in [0.717, 1.165) is 57.4 Å². The summed E-state index contributed by atoms with van der Waals surface area (Å²) in [4.78, 5) is 28.4. The molecule has 0 spiro atoms. The van der Waals surface area contributed by atoms with Crippen LogP contribution in [0.25, 0.3) is 0 Å². The van der Waals surface area contributed by atoms with Crippen molar-refractivity contribution in [1.29, 1.82) is 0 Å². The Morgan fingerprint density at radius 3 is 2.26 bits per heavy atom. The van der Waals surface area contributed by atoms with Crippen molar-refractivity contribution in [2.45, 2.75) is 45.3 Å². The lowest BCUT2D eigenvalue weighted by molar-refractivity contribution is -0.149. The SMILES string of the molecule is CCOC(=O)C1CCN(C2CCN(C(=O)OCc3ccccc3)CC2)CC1. The summed E-state index contributed by atoms with van der Waals surface area (Å²) in [5.41, 5.74) is 1.00. The number of carbonyl (C=O) groups is 2. The van der Waals surface area contributed by atoms with Crippen molar-refractivity contribution in [3.63, 3.8) is 0 Å². The minimum atomic E-state index is -0.224. The first kappa shape index (κ1) is 19.7. The second-order valence-electron chi connectivity index (χ2n) is 7.32. The van der Waals surface area contributed by atoms with Crippen LogP contribution < -0.4 is 0 Å². The Morgan fingerprint density at radius 2 is 1.63 bits per heavy atom. The van der Waals surface area contributed by atoms with E-state index in [4.69, 9.17) is 9.47 Å². The molecule has 0 aromatic heterocycles. The van der Waals surface area contributed by atoms with Crippen LogP contribution in [0.2, 0.25) is 0 Å². The largest absolute Gasteiger partial charge is 0.466 e. The number of ether oxygens (including phenoxy) is 2. The summed E-state index contributed by atoms with van der Waals surface area (Å²) in [5, 5.41) is 0. The summed E-state index contributed by atoms with van der Waals surface area (Å²) < 4.78 is 10.6. The van der Waals surface area contributed by atoms with E-state index in [1.54, 1.807) is 0 Å². The molecule has 2 aliphatic rings. The van der Waals surface area contributed by atoms with Crippen LogP contribution in [0.5, 0.6) is 0 Å². The van der Waals surface area contributed by atoms with Crippen LogP contribution in [0.4, 0.5) is 4.79 Å². The molecule has 2 saturated heterocycles. The van der Waals surface area contributed by atoms with Gasteiger partial charge in [0.1, 0.15) is 6.61 Å². The highest BCUT2D eigenvalue weighted by Gasteiger charge is 2.32. The number of piperidine rings is 2. The summed E-state index contributed by atoms with van der Waals surface area (Å²) in [6.07, 6.45) is 3.45. The molecular weight excluding hydrogens is 344 g/mol. The fraction of sp³-hybridized carbons (Fsp3) is 0.619. The van der Waals surface area contributed by atoms with Gasteiger partial charge in [0.2, 0.25) is 0 Å². The van der Waals surface area contributed by atoms with Gasteiger partial charge in [-0.25, -0.2) is 4.79 Å². The summed E-state index contributed by atoms with van der Waals surface area (Å²) in [7, 11) is 0. The number of hydrogen-bond donors (Lipinski definition) is 0. The average Bonchev–Trinajstić information content (AvgIpc) is 2.73. The Labute approximate surface area is 161 Å². The summed E-state index contributed by atoms with van der Waals surface area (Å²) in [5.74, 6) is 0.00221. The highest BCUT2D eigenvalue weighted by atomic mass is 16.6. The number of benzene rings is 1. The number of nitrogens with zero attached hydrogens (tertiary/aromatic N) is 2. The van der Waals surface area contributed by atoms with E-state index < -0.39 is 0 Å². The fourth-order valence-electron chi connectivity index (χ4n) is 3.98. The van der Waals surface area contributed by atoms with Gasteiger partial charge >= 0.3 is 12.1 Å². The Bertz CT molecular complexity index is 606. The number of esters is 1. The van der Waals surface area contributed by atoms with Gasteiger partial charge in [-0.3, -0.25) is 4.79 Å². The summed E-state index contributed by atoms with van der Waals surface area (Å²) in [6.45, 7) is 5.97. The van der Waals surface area contributed by atoms with Gasteiger partial charge in [0.15, 0.2) is 0 Å². The highest BCUT2D eigenvalue weighted by molar-refractivity contribution is 5.72. The molecular formula is C21H30N2O4. The van der Waals surface area contributed by atoms with E-state index in [1.165, 1.54) is 0 Å². The fourth-order valence-corrected chi connectivity index (χ4v) is 3.98. The molecule has 6 heteroatoms. The second kappa shape index (κ2) is 9.74. The molecule has 2 heterocycles. The van der Waals surface area contributed by atoms with Gasteiger partial charge in [-0.1, -0.05) is 30.3 Å². The van der Waals surface area contributed by atoms with Crippen molar-refractivity contribution in [2.75, 3.05) is 32.8 Å². The number of carbonyl (C=O) groups excluding carboxylic acids is 2. The molecule has 148 valence electrons. The Hall–Kier alpha value is -2.08. The maximum atomic E-state index is 12.3. The molecule has 1 aromatic carbocycles. The van der Waals surface area contributed by atoms with Crippen molar-refractivity contribution in [1.82, 2.24) is 9.80 Å². The van der Waals surface area contributed by atoms with Crippen LogP contribution in [0, 0.1) is 5.92 Å². The van der Waals surface area contributed by atoms with Crippen LogP contribution in [-0.4, -0.2) is 60.7 Å². The zero-order valence-electron chi connectivity index (χ0n) is 16.1. The molecule has 0 unspecified atom stereocenters. The molecule has 0 radical (unpaired) electrons. The zero-order chi connectivity index (χ0) is 19.1. The third kappa shape index (κ3) is 5.45. The van der Waals surface area contributed by atoms with Gasteiger partial charge in [0.25, 0.3) is 0 Å². The Kier molecular flexibility index (Phi) is 7.10. The first-order valence-electron chi connectivity index (χ1n) is 10.0. The smallest absolute Gasteiger partial charge is 0.410 e. The molecule has 0 saturated carbocycles. The standard InChI is InChI=1S/C21H30N2O4/c1-2-26-20(24)18-8-12-22(13-9-18)19-10-14-23(15-11-19)21(25)27-16-17-6-4-3-5-7-17/h3-7,18-19H,2,8-16H2,1H3. The topological polar surface area (TPSA) is 59.1 Å². The van der Waals surface area contributed by atoms with E-state index in [9.17, 15) is 9.59 Å². The van der Waals surface area contributed by atoms with Crippen LogP contribution in [0.1, 0.15) is 38.2 Å². The third-order valence-corrected chi connectivity index (χ3v) is 5.59. The lowest BCUT2D eigenvalue weighted by Gasteiger charge is -2.41. The molecule has 27 heavy (non-hydrogen) atoms. The lowest BCUT2D eigenvalue weighted by atomic mass is 9.93. The van der Waals surface area contributed by atoms with Crippen LogP contribution >= 0.6 is 0 Å². The van der Waals surface area contributed by atoms with Gasteiger partial charge in [0.05, 0.1) is 12.5 Å². The van der Waals surface area contributed by atoms with Gasteiger partial charge in [-0.2, -0.15) is 0 Å². The number of likely N-dealkylation sites (tertiary alicyclic amines) is 2. The summed E-state index contributed by atoms with van der Waals surface area (Å²) in [6, 6.07) is 10.2. The van der Waals surface area contributed by atoms with Crippen molar-refractivity contribution >= 4 is 12.1 Å². The molecule has 1 amide bonds. The molecule has 2 fully saturated rings. The number of amides is 1. The predicted molar refractivity (Wildman–Crippen MR) is 102 cm³/mol. The first-order valence-corrected chi connectivity index (χ1v) is 10.0. The molecule has 0 N–H and O–H groups in total. The van der Waals surface area contributed by atoms with Crippen molar-refractivity contribution in [3.8, 4) is 0 Å². The molecule has 3 rings (SSSR count).